The number of carboxylic acids is 1. The van der Waals surface area contributed by atoms with Crippen LogP contribution in [-0.2, 0) is 9.59 Å². The Morgan fingerprint density at radius 2 is 2.00 bits per heavy atom. The lowest BCUT2D eigenvalue weighted by molar-refractivity contribution is -0.144. The summed E-state index contributed by atoms with van der Waals surface area (Å²) in [6.07, 6.45) is 1.08. The molecule has 0 aromatic heterocycles. The van der Waals surface area contributed by atoms with Crippen molar-refractivity contribution in [2.45, 2.75) is 51.6 Å². The number of carbonyl (C=O) groups is 3. The first-order chi connectivity index (χ1) is 9.41. The number of amides is 3. The summed E-state index contributed by atoms with van der Waals surface area (Å²) in [5, 5.41) is 14.6. The number of nitrogens with zero attached hydrogens (tertiary/aromatic N) is 1. The average molecular weight is 285 g/mol. The lowest BCUT2D eigenvalue weighted by Crippen LogP contribution is -2.63. The number of piperazine rings is 1. The summed E-state index contributed by atoms with van der Waals surface area (Å²) in [6, 6.07) is -1.03. The first-order valence-electron chi connectivity index (χ1n) is 7.01. The third kappa shape index (κ3) is 3.02. The fourth-order valence-electron chi connectivity index (χ4n) is 2.42. The highest BCUT2D eigenvalue weighted by atomic mass is 16.4. The van der Waals surface area contributed by atoms with Crippen LogP contribution in [0.15, 0.2) is 0 Å². The molecule has 0 spiro atoms. The van der Waals surface area contributed by atoms with Gasteiger partial charge in [0.2, 0.25) is 5.91 Å². The molecular weight excluding hydrogens is 262 g/mol. The van der Waals surface area contributed by atoms with Crippen molar-refractivity contribution in [1.29, 1.82) is 0 Å². The van der Waals surface area contributed by atoms with Crippen LogP contribution in [0, 0.1) is 0 Å². The van der Waals surface area contributed by atoms with Gasteiger partial charge in [0.15, 0.2) is 0 Å². The third-order valence-corrected chi connectivity index (χ3v) is 3.94. The van der Waals surface area contributed by atoms with Crippen molar-refractivity contribution in [2.24, 2.45) is 0 Å². The minimum Gasteiger partial charge on any atom is -0.480 e. The smallest absolute Gasteiger partial charge is 0.329 e. The summed E-state index contributed by atoms with van der Waals surface area (Å²) in [5.41, 5.74) is -1.27. The summed E-state index contributed by atoms with van der Waals surface area (Å²) < 4.78 is 0. The van der Waals surface area contributed by atoms with Crippen LogP contribution in [0.25, 0.3) is 0 Å². The van der Waals surface area contributed by atoms with Gasteiger partial charge in [0.05, 0.1) is 0 Å². The molecular formula is C13H23N3O4. The van der Waals surface area contributed by atoms with Crippen LogP contribution in [0.2, 0.25) is 0 Å². The second-order valence-electron chi connectivity index (χ2n) is 4.93. The Labute approximate surface area is 118 Å². The summed E-state index contributed by atoms with van der Waals surface area (Å²) in [5.74, 6) is -1.24. The van der Waals surface area contributed by atoms with Gasteiger partial charge in [0, 0.05) is 13.1 Å². The van der Waals surface area contributed by atoms with E-state index in [1.165, 1.54) is 4.90 Å². The number of rotatable bonds is 5. The van der Waals surface area contributed by atoms with E-state index in [2.05, 4.69) is 10.6 Å². The standard InChI is InChI=1S/C13H23N3O4/c1-4-9-10(17)14-7-8-16(9)12(20)15-13(5-2,6-3)11(18)19/h9H,4-8H2,1-3H3,(H,14,17)(H,15,20)(H,18,19). The SMILES string of the molecule is CCC1C(=O)NCCN1C(=O)NC(CC)(CC)C(=O)O. The van der Waals surface area contributed by atoms with Crippen molar-refractivity contribution in [1.82, 2.24) is 15.5 Å². The molecule has 1 aliphatic heterocycles. The fourth-order valence-corrected chi connectivity index (χ4v) is 2.42. The highest BCUT2D eigenvalue weighted by Gasteiger charge is 2.40. The van der Waals surface area contributed by atoms with Gasteiger partial charge < -0.3 is 20.6 Å². The van der Waals surface area contributed by atoms with E-state index in [4.69, 9.17) is 0 Å². The summed E-state index contributed by atoms with van der Waals surface area (Å²) in [4.78, 5) is 36.9. The maximum absolute atomic E-state index is 12.3. The second-order valence-corrected chi connectivity index (χ2v) is 4.93. The number of aliphatic carboxylic acids is 1. The Hall–Kier alpha value is -1.79. The van der Waals surface area contributed by atoms with Crippen molar-refractivity contribution in [2.75, 3.05) is 13.1 Å². The van der Waals surface area contributed by atoms with Gasteiger partial charge in [0.25, 0.3) is 0 Å². The Bertz CT molecular complexity index is 393. The lowest BCUT2D eigenvalue weighted by atomic mass is 9.93. The minimum absolute atomic E-state index is 0.192. The van der Waals surface area contributed by atoms with Gasteiger partial charge in [-0.25, -0.2) is 9.59 Å². The number of carboxylic acid groups (broad SMARTS) is 1. The Kier molecular flexibility index (Phi) is 5.35. The van der Waals surface area contributed by atoms with Crippen molar-refractivity contribution in [3.05, 3.63) is 0 Å². The van der Waals surface area contributed by atoms with E-state index in [-0.39, 0.29) is 5.91 Å². The van der Waals surface area contributed by atoms with E-state index >= 15 is 0 Å². The molecule has 114 valence electrons. The van der Waals surface area contributed by atoms with Crippen molar-refractivity contribution >= 4 is 17.9 Å². The van der Waals surface area contributed by atoms with Crippen LogP contribution in [0.4, 0.5) is 4.79 Å². The predicted octanol–water partition coefficient (Wildman–Crippen LogP) is 0.550. The molecule has 3 N–H and O–H groups in total. The van der Waals surface area contributed by atoms with Gasteiger partial charge in [-0.1, -0.05) is 20.8 Å². The highest BCUT2D eigenvalue weighted by Crippen LogP contribution is 2.17. The van der Waals surface area contributed by atoms with Crippen molar-refractivity contribution in [3.8, 4) is 0 Å². The zero-order valence-corrected chi connectivity index (χ0v) is 12.2. The number of hydrogen-bond donors (Lipinski definition) is 3. The van der Waals surface area contributed by atoms with E-state index in [1.54, 1.807) is 13.8 Å². The summed E-state index contributed by atoms with van der Waals surface area (Å²) in [6.45, 7) is 6.04. The molecule has 0 radical (unpaired) electrons. The summed E-state index contributed by atoms with van der Waals surface area (Å²) in [7, 11) is 0. The molecule has 20 heavy (non-hydrogen) atoms. The monoisotopic (exact) mass is 285 g/mol. The van der Waals surface area contributed by atoms with E-state index in [0.29, 0.717) is 32.4 Å². The van der Waals surface area contributed by atoms with Crippen LogP contribution >= 0.6 is 0 Å². The molecule has 7 heteroatoms. The van der Waals surface area contributed by atoms with Crippen LogP contribution in [0.3, 0.4) is 0 Å². The number of carbonyl (C=O) groups excluding carboxylic acids is 2. The highest BCUT2D eigenvalue weighted by molar-refractivity contribution is 5.91. The van der Waals surface area contributed by atoms with E-state index < -0.39 is 23.6 Å². The Morgan fingerprint density at radius 3 is 2.45 bits per heavy atom. The number of hydrogen-bond acceptors (Lipinski definition) is 3. The Balaban J connectivity index is 2.88. The predicted molar refractivity (Wildman–Crippen MR) is 73.3 cm³/mol. The average Bonchev–Trinajstić information content (AvgIpc) is 2.43. The van der Waals surface area contributed by atoms with E-state index in [1.807, 2.05) is 6.92 Å². The molecule has 0 saturated carbocycles. The van der Waals surface area contributed by atoms with Gasteiger partial charge >= 0.3 is 12.0 Å². The zero-order chi connectivity index (χ0) is 15.3. The van der Waals surface area contributed by atoms with Crippen molar-refractivity contribution in [3.63, 3.8) is 0 Å². The molecule has 1 rings (SSSR count). The van der Waals surface area contributed by atoms with E-state index in [9.17, 15) is 19.5 Å². The van der Waals surface area contributed by atoms with Gasteiger partial charge in [-0.15, -0.1) is 0 Å². The molecule has 1 saturated heterocycles. The van der Waals surface area contributed by atoms with Crippen LogP contribution in [0.1, 0.15) is 40.0 Å². The van der Waals surface area contributed by atoms with Crippen LogP contribution < -0.4 is 10.6 Å². The molecule has 0 bridgehead atoms. The maximum Gasteiger partial charge on any atom is 0.329 e. The quantitative estimate of drug-likeness (QED) is 0.687. The fraction of sp³-hybridized carbons (Fsp3) is 0.769. The van der Waals surface area contributed by atoms with Gasteiger partial charge in [-0.05, 0) is 19.3 Å². The lowest BCUT2D eigenvalue weighted by Gasteiger charge is -2.37. The minimum atomic E-state index is -1.27. The van der Waals surface area contributed by atoms with Gasteiger partial charge in [0.1, 0.15) is 11.6 Å². The Morgan fingerprint density at radius 1 is 1.40 bits per heavy atom. The summed E-state index contributed by atoms with van der Waals surface area (Å²) >= 11 is 0. The molecule has 3 amide bonds. The largest absolute Gasteiger partial charge is 0.480 e. The second kappa shape index (κ2) is 6.58. The van der Waals surface area contributed by atoms with Gasteiger partial charge in [-0.2, -0.15) is 0 Å². The molecule has 1 unspecified atom stereocenters. The zero-order valence-electron chi connectivity index (χ0n) is 12.2. The third-order valence-electron chi connectivity index (χ3n) is 3.94. The number of urea groups is 1. The normalized spacial score (nSPS) is 19.4. The van der Waals surface area contributed by atoms with Gasteiger partial charge in [-0.3, -0.25) is 4.79 Å². The van der Waals surface area contributed by atoms with E-state index in [0.717, 1.165) is 0 Å². The number of nitrogens with one attached hydrogen (secondary N) is 2. The first-order valence-corrected chi connectivity index (χ1v) is 7.01. The molecule has 1 aliphatic rings. The molecule has 1 fully saturated rings. The van der Waals surface area contributed by atoms with Crippen LogP contribution in [0.5, 0.6) is 0 Å². The molecule has 1 atom stereocenters. The van der Waals surface area contributed by atoms with Crippen LogP contribution in [-0.4, -0.2) is 52.6 Å². The molecule has 7 nitrogen and oxygen atoms in total. The molecule has 0 aromatic rings. The molecule has 0 aromatic carbocycles. The molecule has 1 heterocycles. The first kappa shape index (κ1) is 16.3. The molecule has 0 aliphatic carbocycles. The van der Waals surface area contributed by atoms with Crippen molar-refractivity contribution < 1.29 is 19.5 Å². The topological polar surface area (TPSA) is 98.7 Å². The maximum atomic E-state index is 12.3.